The molecule has 74 valence electrons. The monoisotopic (exact) mass is 195 g/mol. The van der Waals surface area contributed by atoms with Crippen molar-refractivity contribution in [2.45, 2.75) is 6.92 Å². The van der Waals surface area contributed by atoms with Crippen molar-refractivity contribution >= 4 is 11.1 Å². The Morgan fingerprint density at radius 1 is 1.20 bits per heavy atom. The first-order valence-electron chi connectivity index (χ1n) is 4.61. The van der Waals surface area contributed by atoms with Crippen molar-refractivity contribution in [3.05, 3.63) is 60.7 Å². The van der Waals surface area contributed by atoms with Gasteiger partial charge in [-0.15, -0.1) is 0 Å². The second-order valence-electron chi connectivity index (χ2n) is 3.43. The van der Waals surface area contributed by atoms with Crippen LogP contribution in [0.1, 0.15) is 18.1 Å². The zero-order chi connectivity index (χ0) is 11.4. The van der Waals surface area contributed by atoms with Crippen molar-refractivity contribution < 1.29 is 0 Å². The third-order valence-electron chi connectivity index (χ3n) is 2.20. The molecule has 0 saturated carbocycles. The molecule has 0 aliphatic rings. The molecule has 1 aromatic rings. The highest BCUT2D eigenvalue weighted by Gasteiger charge is 2.03. The standard InChI is InChI=1S/C14H13N/c1-10(2)13-6-5-7-14(8-13)12(4)11(3)9-15/h5-8H,1,3-4H2,2H3. The fourth-order valence-electron chi connectivity index (χ4n) is 1.21. The van der Waals surface area contributed by atoms with Gasteiger partial charge in [0.15, 0.2) is 0 Å². The molecule has 1 rings (SSSR count). The van der Waals surface area contributed by atoms with E-state index in [4.69, 9.17) is 5.26 Å². The van der Waals surface area contributed by atoms with Crippen LogP contribution in [0.5, 0.6) is 0 Å². The number of nitriles is 1. The van der Waals surface area contributed by atoms with Gasteiger partial charge in [-0.3, -0.25) is 0 Å². The van der Waals surface area contributed by atoms with Gasteiger partial charge in [0, 0.05) is 0 Å². The van der Waals surface area contributed by atoms with Crippen molar-refractivity contribution in [3.8, 4) is 6.07 Å². The molecule has 0 unspecified atom stereocenters. The minimum absolute atomic E-state index is 0.397. The maximum atomic E-state index is 8.72. The van der Waals surface area contributed by atoms with Crippen LogP contribution in [0, 0.1) is 11.3 Å². The molecule has 0 heterocycles. The second kappa shape index (κ2) is 4.43. The van der Waals surface area contributed by atoms with Gasteiger partial charge >= 0.3 is 0 Å². The summed E-state index contributed by atoms with van der Waals surface area (Å²) in [5.41, 5.74) is 4.03. The lowest BCUT2D eigenvalue weighted by Crippen LogP contribution is -1.87. The molecule has 0 radical (unpaired) electrons. The molecule has 0 saturated heterocycles. The average Bonchev–Trinajstić information content (AvgIpc) is 2.27. The van der Waals surface area contributed by atoms with Crippen LogP contribution in [0.2, 0.25) is 0 Å². The van der Waals surface area contributed by atoms with Crippen molar-refractivity contribution in [1.29, 1.82) is 5.26 Å². The predicted molar refractivity (Wildman–Crippen MR) is 64.9 cm³/mol. The summed E-state index contributed by atoms with van der Waals surface area (Å²) >= 11 is 0. The van der Waals surface area contributed by atoms with Crippen LogP contribution < -0.4 is 0 Å². The van der Waals surface area contributed by atoms with E-state index in [9.17, 15) is 0 Å². The molecule has 1 aromatic carbocycles. The summed E-state index contributed by atoms with van der Waals surface area (Å²) in [6.45, 7) is 13.3. The summed E-state index contributed by atoms with van der Waals surface area (Å²) in [7, 11) is 0. The van der Waals surface area contributed by atoms with Crippen molar-refractivity contribution in [2.24, 2.45) is 0 Å². The Kier molecular flexibility index (Phi) is 3.25. The van der Waals surface area contributed by atoms with Gasteiger partial charge in [0.2, 0.25) is 0 Å². The molecule has 0 atom stereocenters. The Hall–Kier alpha value is -2.07. The van der Waals surface area contributed by atoms with Gasteiger partial charge in [0.05, 0.1) is 11.6 Å². The first-order chi connectivity index (χ1) is 7.06. The van der Waals surface area contributed by atoms with Crippen molar-refractivity contribution in [3.63, 3.8) is 0 Å². The van der Waals surface area contributed by atoms with Crippen LogP contribution in [0.4, 0.5) is 0 Å². The molecule has 0 amide bonds. The smallest absolute Gasteiger partial charge is 0.0991 e. The fourth-order valence-corrected chi connectivity index (χ4v) is 1.21. The maximum absolute atomic E-state index is 8.72. The van der Waals surface area contributed by atoms with Crippen molar-refractivity contribution in [1.82, 2.24) is 0 Å². The molecule has 0 aromatic heterocycles. The van der Waals surface area contributed by atoms with Crippen LogP contribution >= 0.6 is 0 Å². The SMILES string of the molecule is C=C(C#N)C(=C)c1cccc(C(=C)C)c1. The summed E-state index contributed by atoms with van der Waals surface area (Å²) in [6, 6.07) is 9.78. The summed E-state index contributed by atoms with van der Waals surface area (Å²) in [4.78, 5) is 0. The number of nitrogens with zero attached hydrogens (tertiary/aromatic N) is 1. The van der Waals surface area contributed by atoms with Crippen molar-refractivity contribution in [2.75, 3.05) is 0 Å². The summed E-state index contributed by atoms with van der Waals surface area (Å²) < 4.78 is 0. The first-order valence-corrected chi connectivity index (χ1v) is 4.61. The minimum atomic E-state index is 0.397. The number of rotatable bonds is 3. The van der Waals surface area contributed by atoms with E-state index in [0.29, 0.717) is 11.1 Å². The Morgan fingerprint density at radius 2 is 1.80 bits per heavy atom. The molecule has 0 bridgehead atoms. The number of allylic oxidation sites excluding steroid dienone is 3. The highest BCUT2D eigenvalue weighted by molar-refractivity contribution is 5.81. The first kappa shape index (κ1) is 11.0. The lowest BCUT2D eigenvalue weighted by Gasteiger charge is -2.06. The molecule has 0 N–H and O–H groups in total. The molecule has 15 heavy (non-hydrogen) atoms. The topological polar surface area (TPSA) is 23.8 Å². The van der Waals surface area contributed by atoms with Crippen LogP contribution in [0.15, 0.2) is 49.6 Å². The number of benzene rings is 1. The minimum Gasteiger partial charge on any atom is -0.192 e. The number of hydrogen-bond acceptors (Lipinski definition) is 1. The summed E-state index contributed by atoms with van der Waals surface area (Å²) in [6.07, 6.45) is 0. The van der Waals surface area contributed by atoms with E-state index in [1.807, 2.05) is 37.3 Å². The predicted octanol–water partition coefficient (Wildman–Crippen LogP) is 3.81. The Labute approximate surface area is 90.7 Å². The van der Waals surface area contributed by atoms with Gasteiger partial charge in [-0.25, -0.2) is 0 Å². The summed E-state index contributed by atoms with van der Waals surface area (Å²) in [5.74, 6) is 0. The Balaban J connectivity index is 3.12. The quantitative estimate of drug-likeness (QED) is 0.531. The van der Waals surface area contributed by atoms with Gasteiger partial charge < -0.3 is 0 Å². The molecule has 1 nitrogen and oxygen atoms in total. The van der Waals surface area contributed by atoms with Gasteiger partial charge in [-0.05, 0) is 29.7 Å². The Bertz CT molecular complexity index is 472. The van der Waals surface area contributed by atoms with Crippen LogP contribution in [0.3, 0.4) is 0 Å². The molecule has 0 spiro atoms. The van der Waals surface area contributed by atoms with E-state index in [0.717, 1.165) is 16.7 Å². The van der Waals surface area contributed by atoms with Gasteiger partial charge in [-0.1, -0.05) is 43.5 Å². The lowest BCUT2D eigenvalue weighted by atomic mass is 9.98. The van der Waals surface area contributed by atoms with Crippen LogP contribution in [0.25, 0.3) is 11.1 Å². The maximum Gasteiger partial charge on any atom is 0.0991 e. The molecule has 0 aliphatic carbocycles. The molecular weight excluding hydrogens is 182 g/mol. The molecule has 0 fully saturated rings. The lowest BCUT2D eigenvalue weighted by molar-refractivity contribution is 1.49. The third-order valence-corrected chi connectivity index (χ3v) is 2.20. The number of hydrogen-bond donors (Lipinski definition) is 0. The van der Waals surface area contributed by atoms with Crippen LogP contribution in [-0.2, 0) is 0 Å². The fraction of sp³-hybridized carbons (Fsp3) is 0.0714. The van der Waals surface area contributed by atoms with E-state index in [2.05, 4.69) is 19.7 Å². The largest absolute Gasteiger partial charge is 0.192 e. The van der Waals surface area contributed by atoms with E-state index < -0.39 is 0 Å². The summed E-state index contributed by atoms with van der Waals surface area (Å²) in [5, 5.41) is 8.72. The van der Waals surface area contributed by atoms with E-state index in [1.165, 1.54) is 0 Å². The van der Waals surface area contributed by atoms with E-state index in [-0.39, 0.29) is 0 Å². The van der Waals surface area contributed by atoms with E-state index in [1.54, 1.807) is 0 Å². The van der Waals surface area contributed by atoms with E-state index >= 15 is 0 Å². The normalized spacial score (nSPS) is 9.07. The molecule has 1 heteroatoms. The highest BCUT2D eigenvalue weighted by Crippen LogP contribution is 2.22. The zero-order valence-corrected chi connectivity index (χ0v) is 8.88. The third kappa shape index (κ3) is 2.45. The zero-order valence-electron chi connectivity index (χ0n) is 8.88. The molecular formula is C14H13N. The van der Waals surface area contributed by atoms with Gasteiger partial charge in [0.1, 0.15) is 0 Å². The average molecular weight is 195 g/mol. The molecule has 0 aliphatic heterocycles. The highest BCUT2D eigenvalue weighted by atomic mass is 14.2. The van der Waals surface area contributed by atoms with Crippen LogP contribution in [-0.4, -0.2) is 0 Å². The van der Waals surface area contributed by atoms with Gasteiger partial charge in [-0.2, -0.15) is 5.26 Å². The Morgan fingerprint density at radius 3 is 2.33 bits per heavy atom. The van der Waals surface area contributed by atoms with Gasteiger partial charge in [0.25, 0.3) is 0 Å². The second-order valence-corrected chi connectivity index (χ2v) is 3.43.